The van der Waals surface area contributed by atoms with Crippen LogP contribution in [0.3, 0.4) is 0 Å². The average Bonchev–Trinajstić information content (AvgIpc) is 3.69. The van der Waals surface area contributed by atoms with Crippen molar-refractivity contribution in [2.75, 3.05) is 13.1 Å². The summed E-state index contributed by atoms with van der Waals surface area (Å²) in [4.78, 5) is 93.1. The Morgan fingerprint density at radius 2 is 1.40 bits per heavy atom. The zero-order valence-corrected chi connectivity index (χ0v) is 42.1. The minimum Gasteiger partial charge on any atom is -0.404 e. The van der Waals surface area contributed by atoms with Crippen LogP contribution in [0.1, 0.15) is 135 Å². The van der Waals surface area contributed by atoms with Crippen molar-refractivity contribution in [1.29, 1.82) is 0 Å². The lowest BCUT2D eigenvalue weighted by Crippen LogP contribution is -2.65. The van der Waals surface area contributed by atoms with Crippen molar-refractivity contribution in [1.82, 2.24) is 31.9 Å². The van der Waals surface area contributed by atoms with Gasteiger partial charge in [-0.1, -0.05) is 77.4 Å². The molecule has 0 radical (unpaired) electrons. The summed E-state index contributed by atoms with van der Waals surface area (Å²) in [5.41, 5.74) is 14.5. The number of primary amides is 1. The molecule has 4 aliphatic rings. The van der Waals surface area contributed by atoms with Crippen LogP contribution < -0.4 is 43.4 Å². The fraction of sp³-hybridized carbons (Fsp3) is 0.627. The molecule has 1 saturated heterocycles. The Labute approximate surface area is 413 Å². The van der Waals surface area contributed by atoms with E-state index in [0.29, 0.717) is 43.2 Å². The van der Waals surface area contributed by atoms with Gasteiger partial charge in [0, 0.05) is 18.5 Å². The van der Waals surface area contributed by atoms with Gasteiger partial charge in [0.2, 0.25) is 35.4 Å². The van der Waals surface area contributed by atoms with E-state index in [1.807, 2.05) is 19.1 Å². The van der Waals surface area contributed by atoms with Crippen LogP contribution in [0.25, 0.3) is 11.1 Å². The zero-order chi connectivity index (χ0) is 51.3. The molecular formula is C51H77BN8O10. The molecule has 2 aromatic rings. The Kier molecular flexibility index (Phi) is 20.0. The molecular weight excluding hydrogens is 895 g/mol. The fourth-order valence-corrected chi connectivity index (χ4v) is 10.2. The summed E-state index contributed by atoms with van der Waals surface area (Å²) in [5, 5.41) is 26.6. The molecule has 1 aliphatic heterocycles. The number of aryl methyl sites for hydroxylation is 1. The van der Waals surface area contributed by atoms with Crippen LogP contribution in [-0.2, 0) is 44.5 Å². The smallest absolute Gasteiger partial charge is 0.404 e. The molecule has 70 heavy (non-hydrogen) atoms. The second-order valence-electron chi connectivity index (χ2n) is 20.1. The highest BCUT2D eigenvalue weighted by molar-refractivity contribution is 6.48. The molecule has 7 amide bonds. The van der Waals surface area contributed by atoms with Crippen LogP contribution in [-0.4, -0.2) is 115 Å². The summed E-state index contributed by atoms with van der Waals surface area (Å²) < 4.78 is 13.0. The van der Waals surface area contributed by atoms with Gasteiger partial charge in [0.15, 0.2) is 0 Å². The molecule has 2 aromatic carbocycles. The van der Waals surface area contributed by atoms with Crippen molar-refractivity contribution in [3.8, 4) is 11.1 Å². The molecule has 384 valence electrons. The molecule has 2 unspecified atom stereocenters. The maximum atomic E-state index is 13.8. The summed E-state index contributed by atoms with van der Waals surface area (Å²) >= 11 is 0. The van der Waals surface area contributed by atoms with Crippen LogP contribution in [0.2, 0.25) is 0 Å². The SMILES string of the molecule is CCCCc1ccc(-c2ccc(C(=O)NCCC(=O)N[C@@H](CCCCN)C(=O)N[C@H](C(=O)N[C@@H](CC)C(=O)N[C@@H](CC(N)=O)C(=O)N[C@@H](CC)B3OC4C[C@@H]5C[C@@H](C5(C)C)[C@]4(C)O3)C(C)O)cc2)cc1. The second-order valence-corrected chi connectivity index (χ2v) is 20.1. The topological polar surface area (TPSA) is 282 Å². The third-order valence-electron chi connectivity index (χ3n) is 14.7. The van der Waals surface area contributed by atoms with Crippen LogP contribution in [0.15, 0.2) is 48.5 Å². The van der Waals surface area contributed by atoms with Gasteiger partial charge >= 0.3 is 7.12 Å². The van der Waals surface area contributed by atoms with Gasteiger partial charge in [-0.15, -0.1) is 0 Å². The number of aliphatic hydroxyl groups excluding tert-OH is 1. The van der Waals surface area contributed by atoms with Crippen molar-refractivity contribution in [2.24, 2.45) is 28.7 Å². The number of nitrogens with two attached hydrogens (primary N) is 2. The van der Waals surface area contributed by atoms with Crippen LogP contribution in [0.5, 0.6) is 0 Å². The van der Waals surface area contributed by atoms with E-state index in [1.54, 1.807) is 19.1 Å². The van der Waals surface area contributed by atoms with Crippen LogP contribution in [0.4, 0.5) is 0 Å². The van der Waals surface area contributed by atoms with Crippen molar-refractivity contribution in [2.45, 2.75) is 173 Å². The molecule has 3 aliphatic carbocycles. The van der Waals surface area contributed by atoms with Crippen molar-refractivity contribution in [3.05, 3.63) is 59.7 Å². The van der Waals surface area contributed by atoms with Gasteiger partial charge in [-0.05, 0) is 124 Å². The van der Waals surface area contributed by atoms with E-state index in [4.69, 9.17) is 20.8 Å². The standard InChI is InChI=1S/C51H77BN8O10/c1-8-11-14-31-16-18-32(19-17-31)33-20-22-34(23-21-33)45(64)55-26-24-43(63)56-37(15-12-13-25-53)47(66)60-44(30(4)61)49(68)57-36(9-2)46(65)58-38(29-42(54)62)48(67)59-41(10-3)52-69-40-28-35-27-39(50(35,5)6)51(40,7)70-52/h16-23,30,35-41,44,61H,8-15,24-29,53H2,1-7H3,(H2,54,62)(H,55,64)(H,56,63)(H,57,68)(H,58,65)(H,59,67)(H,60,66)/t30?,35-,36-,37-,38-,39-,40?,41-,44-,51-/m0/s1. The summed E-state index contributed by atoms with van der Waals surface area (Å²) in [5.74, 6) is -4.73. The summed E-state index contributed by atoms with van der Waals surface area (Å²) in [6.07, 6.45) is 4.53. The number of amides is 7. The highest BCUT2D eigenvalue weighted by Gasteiger charge is 2.68. The van der Waals surface area contributed by atoms with E-state index < -0.39 is 90.8 Å². The molecule has 19 heteroatoms. The van der Waals surface area contributed by atoms with Crippen molar-refractivity contribution >= 4 is 48.5 Å². The summed E-state index contributed by atoms with van der Waals surface area (Å²) in [6, 6.07) is 10.2. The number of unbranched alkanes of at least 4 members (excludes halogenated alkanes) is 2. The van der Waals surface area contributed by atoms with Crippen molar-refractivity contribution < 1.29 is 48.0 Å². The van der Waals surface area contributed by atoms with Crippen molar-refractivity contribution in [3.63, 3.8) is 0 Å². The third-order valence-corrected chi connectivity index (χ3v) is 14.7. The number of hydrogen-bond donors (Lipinski definition) is 9. The van der Waals surface area contributed by atoms with Gasteiger partial charge in [-0.3, -0.25) is 33.6 Å². The predicted molar refractivity (Wildman–Crippen MR) is 266 cm³/mol. The Morgan fingerprint density at radius 3 is 1.99 bits per heavy atom. The van der Waals surface area contributed by atoms with Gasteiger partial charge in [0.1, 0.15) is 24.2 Å². The van der Waals surface area contributed by atoms with Gasteiger partial charge in [0.25, 0.3) is 5.91 Å². The summed E-state index contributed by atoms with van der Waals surface area (Å²) in [7, 11) is -0.750. The van der Waals surface area contributed by atoms with Gasteiger partial charge in [-0.25, -0.2) is 0 Å². The first-order chi connectivity index (χ1) is 33.2. The number of carbonyl (C=O) groups excluding carboxylic acids is 7. The second kappa shape index (κ2) is 25.1. The van der Waals surface area contributed by atoms with E-state index in [9.17, 15) is 38.7 Å². The van der Waals surface area contributed by atoms with Gasteiger partial charge < -0.3 is 57.8 Å². The lowest BCUT2D eigenvalue weighted by Gasteiger charge is -2.64. The molecule has 1 heterocycles. The monoisotopic (exact) mass is 973 g/mol. The zero-order valence-electron chi connectivity index (χ0n) is 42.1. The lowest BCUT2D eigenvalue weighted by atomic mass is 9.43. The molecule has 2 bridgehead atoms. The van der Waals surface area contributed by atoms with Crippen LogP contribution in [0, 0.1) is 17.3 Å². The molecule has 10 atom stereocenters. The Hall–Kier alpha value is -5.37. The van der Waals surface area contributed by atoms with E-state index in [2.05, 4.69) is 83.9 Å². The minimum atomic E-state index is -1.57. The molecule has 3 saturated carbocycles. The Balaban J connectivity index is 1.13. The van der Waals surface area contributed by atoms with Gasteiger partial charge in [0.05, 0.1) is 30.2 Å². The largest absolute Gasteiger partial charge is 0.481 e. The van der Waals surface area contributed by atoms with E-state index in [1.165, 1.54) is 12.5 Å². The predicted octanol–water partition coefficient (Wildman–Crippen LogP) is 2.71. The average molecular weight is 973 g/mol. The third kappa shape index (κ3) is 13.9. The normalized spacial score (nSPS) is 22.4. The number of rotatable bonds is 27. The summed E-state index contributed by atoms with van der Waals surface area (Å²) in [6.45, 7) is 13.8. The molecule has 0 spiro atoms. The number of nitrogens with one attached hydrogen (secondary N) is 6. The highest BCUT2D eigenvalue weighted by Crippen LogP contribution is 2.65. The quantitative estimate of drug-likeness (QED) is 0.0464. The Morgan fingerprint density at radius 1 is 0.771 bits per heavy atom. The van der Waals surface area contributed by atoms with Crippen LogP contribution >= 0.6 is 0 Å². The maximum Gasteiger partial charge on any atom is 0.481 e. The molecule has 4 fully saturated rings. The van der Waals surface area contributed by atoms with Gasteiger partial charge in [-0.2, -0.15) is 0 Å². The van der Waals surface area contributed by atoms with E-state index in [-0.39, 0.29) is 43.2 Å². The first kappa shape index (κ1) is 55.6. The molecule has 0 aromatic heterocycles. The fourth-order valence-electron chi connectivity index (χ4n) is 10.2. The number of benzene rings is 2. The molecule has 6 rings (SSSR count). The number of aliphatic hydroxyl groups is 1. The molecule has 18 nitrogen and oxygen atoms in total. The first-order valence-corrected chi connectivity index (χ1v) is 25.2. The number of carbonyl (C=O) groups is 7. The lowest BCUT2D eigenvalue weighted by molar-refractivity contribution is -0.199. The Bertz CT molecular complexity index is 2140. The molecule has 11 N–H and O–H groups in total. The maximum absolute atomic E-state index is 13.8. The highest BCUT2D eigenvalue weighted by atomic mass is 16.7. The minimum absolute atomic E-state index is 0.0221. The van der Waals surface area contributed by atoms with E-state index in [0.717, 1.165) is 43.2 Å². The van der Waals surface area contributed by atoms with E-state index >= 15 is 0 Å². The number of hydrogen-bond acceptors (Lipinski definition) is 11. The first-order valence-electron chi connectivity index (χ1n) is 25.2.